The smallest absolute Gasteiger partial charge is 0.306 e. The lowest BCUT2D eigenvalue weighted by atomic mass is 9.77. The van der Waals surface area contributed by atoms with Gasteiger partial charge in [0.05, 0.1) is 19.1 Å². The minimum absolute atomic E-state index is 0.0460. The first-order valence-corrected chi connectivity index (χ1v) is 23.2. The fourth-order valence-electron chi connectivity index (χ4n) is 7.51. The molecule has 4 atom stereocenters. The highest BCUT2D eigenvalue weighted by Gasteiger charge is 2.57. The Bertz CT molecular complexity index is 2020. The van der Waals surface area contributed by atoms with Gasteiger partial charge in [-0.3, -0.25) is 4.79 Å². The third kappa shape index (κ3) is 8.82. The van der Waals surface area contributed by atoms with Crippen LogP contribution >= 0.6 is 0 Å². The number of esters is 1. The average Bonchev–Trinajstić information content (AvgIpc) is 3.74. The predicted molar refractivity (Wildman–Crippen MR) is 228 cm³/mol. The van der Waals surface area contributed by atoms with Crippen molar-refractivity contribution in [1.29, 1.82) is 0 Å². The molecule has 10 nitrogen and oxygen atoms in total. The van der Waals surface area contributed by atoms with Crippen LogP contribution < -0.4 is 10.1 Å². The van der Waals surface area contributed by atoms with Crippen LogP contribution in [0.4, 0.5) is 5.82 Å². The average molecular weight is 793 g/mol. The Labute approximate surface area is 339 Å². The highest BCUT2D eigenvalue weighted by Crippen LogP contribution is 2.45. The van der Waals surface area contributed by atoms with Crippen molar-refractivity contribution in [2.45, 2.75) is 121 Å². The molecule has 0 radical (unpaired) electrons. The number of nitrogens with zero attached hydrogens (tertiary/aromatic N) is 3. The molecule has 0 aliphatic carbocycles. The minimum atomic E-state index is -2.22. The Morgan fingerprint density at radius 3 is 2.11 bits per heavy atom. The summed E-state index contributed by atoms with van der Waals surface area (Å²) in [5, 5.41) is 17.0. The number of benzene rings is 3. The summed E-state index contributed by atoms with van der Waals surface area (Å²) in [4.78, 5) is 22.9. The van der Waals surface area contributed by atoms with Crippen LogP contribution in [0.3, 0.4) is 0 Å². The fraction of sp³-hybridized carbons (Fsp3) is 0.457. The van der Waals surface area contributed by atoms with Crippen LogP contribution in [0.5, 0.6) is 5.75 Å². The molecule has 304 valence electrons. The number of methoxy groups -OCH3 is 1. The molecular formula is C46H60N4O6Si. The summed E-state index contributed by atoms with van der Waals surface area (Å²) >= 11 is 0. The summed E-state index contributed by atoms with van der Waals surface area (Å²) in [7, 11) is -0.558. The van der Waals surface area contributed by atoms with Crippen LogP contribution in [-0.4, -0.2) is 65.5 Å². The number of carbonyl (C=O) groups is 1. The molecule has 0 unspecified atom stereocenters. The number of nitrogens with one attached hydrogen (secondary N) is 1. The molecule has 11 heteroatoms. The number of ether oxygens (including phenoxy) is 3. The molecule has 0 amide bonds. The maximum absolute atomic E-state index is 13.3. The number of hydrogen-bond acceptors (Lipinski definition) is 9. The molecule has 57 heavy (non-hydrogen) atoms. The van der Waals surface area contributed by atoms with Gasteiger partial charge in [0.15, 0.2) is 20.6 Å². The van der Waals surface area contributed by atoms with E-state index in [0.717, 1.165) is 59.9 Å². The molecule has 3 aromatic carbocycles. The monoisotopic (exact) mass is 792 g/mol. The summed E-state index contributed by atoms with van der Waals surface area (Å²) in [6.45, 7) is 14.9. The second-order valence-electron chi connectivity index (χ2n) is 16.9. The molecule has 0 bridgehead atoms. The van der Waals surface area contributed by atoms with Gasteiger partial charge in [-0.25, -0.2) is 9.97 Å². The van der Waals surface area contributed by atoms with Gasteiger partial charge in [0, 0.05) is 12.6 Å². The Kier molecular flexibility index (Phi) is 12.9. The number of aromatic nitrogens is 3. The van der Waals surface area contributed by atoms with Crippen molar-refractivity contribution in [3.05, 3.63) is 120 Å². The normalized spacial score (nSPS) is 20.1. The summed E-state index contributed by atoms with van der Waals surface area (Å²) in [5.74, 6) is 0.993. The van der Waals surface area contributed by atoms with Crippen LogP contribution in [0.15, 0.2) is 104 Å². The summed E-state index contributed by atoms with van der Waals surface area (Å²) in [5.41, 5.74) is 1.05. The van der Waals surface area contributed by atoms with Gasteiger partial charge in [-0.15, -0.1) is 0 Å². The molecule has 1 fully saturated rings. The van der Waals surface area contributed by atoms with Gasteiger partial charge in [0.25, 0.3) is 0 Å². The van der Waals surface area contributed by atoms with E-state index in [1.54, 1.807) is 14.0 Å². The van der Waals surface area contributed by atoms with Crippen molar-refractivity contribution in [3.8, 4) is 5.75 Å². The zero-order valence-corrected chi connectivity index (χ0v) is 35.8. The van der Waals surface area contributed by atoms with Crippen molar-refractivity contribution in [2.24, 2.45) is 0 Å². The first-order chi connectivity index (χ1) is 27.2. The Morgan fingerprint density at radius 1 is 0.895 bits per heavy atom. The van der Waals surface area contributed by atoms with Gasteiger partial charge in [0.2, 0.25) is 0 Å². The van der Waals surface area contributed by atoms with E-state index in [1.165, 1.54) is 6.33 Å². The second-order valence-corrected chi connectivity index (χ2v) is 21.7. The molecule has 1 aliphatic rings. The van der Waals surface area contributed by atoms with E-state index in [0.29, 0.717) is 11.5 Å². The van der Waals surface area contributed by atoms with Crippen molar-refractivity contribution >= 4 is 31.1 Å². The zero-order valence-electron chi connectivity index (χ0n) is 34.8. The number of rotatable bonds is 17. The predicted octanol–water partition coefficient (Wildman–Crippen LogP) is 9.79. The largest absolute Gasteiger partial charge is 0.497 e. The number of carbonyl (C=O) groups excluding carboxylic acids is 1. The standard InChI is InChI=1S/C46H60N4O6Si/c1-9-10-11-12-19-24-39(51)56-40-38(31-54-57(7,8)44(2,3)4)55-43(45(40,5)52)50-30-29-37-41(47-32-48-42(37)50)49-46(33-20-15-13-16-21-33,34-22-17-14-18-23-34)35-25-27-36(53-6)28-26-35/h13-18,20-23,25-30,32,38,40,43,52H,9-12,19,24,31H2,1-8H3,(H,47,48,49)/t38-,40-,43-,45-/m1/s1. The number of fused-ring (bicyclic) bond motifs is 1. The van der Waals surface area contributed by atoms with Crippen molar-refractivity contribution in [1.82, 2.24) is 14.5 Å². The molecule has 1 aliphatic heterocycles. The van der Waals surface area contributed by atoms with E-state index in [9.17, 15) is 9.90 Å². The van der Waals surface area contributed by atoms with Gasteiger partial charge < -0.3 is 33.6 Å². The van der Waals surface area contributed by atoms with Crippen LogP contribution in [0.1, 0.15) is 96.1 Å². The van der Waals surface area contributed by atoms with Gasteiger partial charge in [0.1, 0.15) is 40.8 Å². The maximum Gasteiger partial charge on any atom is 0.306 e. The fourth-order valence-corrected chi connectivity index (χ4v) is 8.53. The molecule has 1 saturated heterocycles. The Morgan fingerprint density at radius 2 is 1.51 bits per heavy atom. The lowest BCUT2D eigenvalue weighted by Gasteiger charge is -2.37. The van der Waals surface area contributed by atoms with Crippen LogP contribution in [0.2, 0.25) is 18.1 Å². The zero-order chi connectivity index (χ0) is 40.8. The van der Waals surface area contributed by atoms with Gasteiger partial charge in [-0.1, -0.05) is 126 Å². The third-order valence-electron chi connectivity index (χ3n) is 11.9. The molecule has 0 saturated carbocycles. The van der Waals surface area contributed by atoms with Crippen molar-refractivity contribution in [3.63, 3.8) is 0 Å². The quantitative estimate of drug-likeness (QED) is 0.0411. The SMILES string of the molecule is CCCCCCCC(=O)O[C@@H]1[C@@H](CO[Si](C)(C)C(C)(C)C)O[C@@H](n2ccc3c(NC(c4ccccc4)(c4ccccc4)c4ccc(OC)cc4)ncnc32)[C@]1(C)O. The van der Waals surface area contributed by atoms with E-state index >= 15 is 0 Å². The van der Waals surface area contributed by atoms with E-state index in [1.807, 2.05) is 65.4 Å². The Hall–Kier alpha value is -4.55. The highest BCUT2D eigenvalue weighted by molar-refractivity contribution is 6.74. The molecule has 5 aromatic rings. The first kappa shape index (κ1) is 42.1. The Balaban J connectivity index is 1.39. The maximum atomic E-state index is 13.3. The second kappa shape index (κ2) is 17.5. The minimum Gasteiger partial charge on any atom is -0.497 e. The van der Waals surface area contributed by atoms with E-state index in [2.05, 4.69) is 82.5 Å². The molecular weight excluding hydrogens is 733 g/mol. The van der Waals surface area contributed by atoms with Crippen LogP contribution in [-0.2, 0) is 24.2 Å². The van der Waals surface area contributed by atoms with Gasteiger partial charge in [-0.2, -0.15) is 0 Å². The molecule has 2 N–H and O–H groups in total. The van der Waals surface area contributed by atoms with E-state index in [4.69, 9.17) is 28.6 Å². The van der Waals surface area contributed by atoms with E-state index < -0.39 is 37.9 Å². The molecule has 3 heterocycles. The van der Waals surface area contributed by atoms with Crippen molar-refractivity contribution in [2.75, 3.05) is 19.0 Å². The number of aliphatic hydroxyl groups is 1. The first-order valence-electron chi connectivity index (χ1n) is 20.3. The molecule has 6 rings (SSSR count). The summed E-state index contributed by atoms with van der Waals surface area (Å²) in [6, 6.07) is 30.6. The summed E-state index contributed by atoms with van der Waals surface area (Å²) in [6.07, 6.45) is 6.09. The number of anilines is 1. The third-order valence-corrected chi connectivity index (χ3v) is 16.4. The number of hydrogen-bond donors (Lipinski definition) is 2. The van der Waals surface area contributed by atoms with Crippen molar-refractivity contribution < 1.29 is 28.5 Å². The lowest BCUT2D eigenvalue weighted by Crippen LogP contribution is -2.49. The van der Waals surface area contributed by atoms with Gasteiger partial charge in [-0.05, 0) is 66.4 Å². The van der Waals surface area contributed by atoms with Gasteiger partial charge >= 0.3 is 5.97 Å². The van der Waals surface area contributed by atoms with Crippen LogP contribution in [0.25, 0.3) is 11.0 Å². The topological polar surface area (TPSA) is 117 Å². The molecule has 0 spiro atoms. The number of unbranched alkanes of at least 4 members (excludes halogenated alkanes) is 4. The van der Waals surface area contributed by atoms with E-state index in [-0.39, 0.29) is 24.0 Å². The lowest BCUT2D eigenvalue weighted by molar-refractivity contribution is -0.164. The summed E-state index contributed by atoms with van der Waals surface area (Å²) < 4.78 is 26.9. The van der Waals surface area contributed by atoms with Crippen LogP contribution in [0, 0.1) is 0 Å². The molecule has 2 aromatic heterocycles. The highest BCUT2D eigenvalue weighted by atomic mass is 28.4.